The molecule has 1 aliphatic heterocycles. The summed E-state index contributed by atoms with van der Waals surface area (Å²) in [6, 6.07) is 26.7. The van der Waals surface area contributed by atoms with Gasteiger partial charge < -0.3 is 0 Å². The molecule has 0 unspecified atom stereocenters. The SMILES string of the molecule is N#Cc1ccn2c(-c3ccccc3)c(-c3ccc(CN4CCC(c5nc(-c6ncccn6)n[nH]5)CC4)cc3)nc2c1. The average Bonchev–Trinajstić information content (AvgIpc) is 3.68. The third-order valence-electron chi connectivity index (χ3n) is 7.68. The predicted octanol–water partition coefficient (Wildman–Crippen LogP) is 5.49. The molecule has 2 aromatic carbocycles. The maximum absolute atomic E-state index is 9.39. The molecule has 4 aromatic heterocycles. The first kappa shape index (κ1) is 24.8. The molecular formula is C32H27N9. The standard InChI is InChI=1S/C32H27N9/c33-20-23-11-18-41-27(19-23)36-28(29(41)25-5-2-1-3-6-25)24-9-7-22(8-10-24)21-40-16-12-26(13-17-40)30-37-32(39-38-30)31-34-14-4-15-35-31/h1-11,14-15,18-19,26H,12-13,16-17,21H2,(H,37,38,39). The molecule has 0 radical (unpaired) electrons. The number of fused-ring (bicyclic) bond motifs is 1. The molecule has 1 aliphatic rings. The quantitative estimate of drug-likeness (QED) is 0.299. The Morgan fingerprint density at radius 1 is 0.854 bits per heavy atom. The van der Waals surface area contributed by atoms with Gasteiger partial charge in [-0.1, -0.05) is 54.6 Å². The van der Waals surface area contributed by atoms with Crippen LogP contribution in [0.5, 0.6) is 0 Å². The van der Waals surface area contributed by atoms with Crippen molar-refractivity contribution in [2.45, 2.75) is 25.3 Å². The summed E-state index contributed by atoms with van der Waals surface area (Å²) in [5.74, 6) is 2.36. The van der Waals surface area contributed by atoms with E-state index in [1.807, 2.05) is 36.5 Å². The average molecular weight is 538 g/mol. The molecule has 200 valence electrons. The number of hydrogen-bond acceptors (Lipinski definition) is 7. The lowest BCUT2D eigenvalue weighted by Gasteiger charge is -2.30. The zero-order valence-corrected chi connectivity index (χ0v) is 22.4. The fraction of sp³-hybridized carbons (Fsp3) is 0.188. The van der Waals surface area contributed by atoms with Crippen molar-refractivity contribution in [3.63, 3.8) is 0 Å². The Morgan fingerprint density at radius 2 is 1.63 bits per heavy atom. The molecule has 0 spiro atoms. The Balaban J connectivity index is 1.06. The van der Waals surface area contributed by atoms with Crippen LogP contribution in [-0.2, 0) is 6.54 Å². The number of benzene rings is 2. The van der Waals surface area contributed by atoms with Crippen LogP contribution in [0.4, 0.5) is 0 Å². The van der Waals surface area contributed by atoms with Gasteiger partial charge in [0.1, 0.15) is 11.5 Å². The van der Waals surface area contributed by atoms with Crippen LogP contribution in [0.1, 0.15) is 35.7 Å². The second kappa shape index (κ2) is 10.8. The van der Waals surface area contributed by atoms with Gasteiger partial charge in [-0.3, -0.25) is 14.4 Å². The lowest BCUT2D eigenvalue weighted by Crippen LogP contribution is -2.32. The highest BCUT2D eigenvalue weighted by Crippen LogP contribution is 2.33. The van der Waals surface area contributed by atoms with Crippen molar-refractivity contribution in [1.82, 2.24) is 39.4 Å². The van der Waals surface area contributed by atoms with Crippen molar-refractivity contribution < 1.29 is 0 Å². The number of nitrogens with one attached hydrogen (secondary N) is 1. The number of nitrogens with zero attached hydrogens (tertiary/aromatic N) is 8. The number of H-pyrrole nitrogens is 1. The second-order valence-corrected chi connectivity index (χ2v) is 10.3. The number of aromatic amines is 1. The van der Waals surface area contributed by atoms with Crippen molar-refractivity contribution >= 4 is 5.65 Å². The number of hydrogen-bond donors (Lipinski definition) is 1. The van der Waals surface area contributed by atoms with E-state index in [0.29, 0.717) is 23.1 Å². The Hall–Kier alpha value is -5.20. The third kappa shape index (κ3) is 4.97. The first-order chi connectivity index (χ1) is 20.2. The van der Waals surface area contributed by atoms with Crippen LogP contribution in [0.3, 0.4) is 0 Å². The van der Waals surface area contributed by atoms with Gasteiger partial charge in [-0.05, 0) is 49.7 Å². The zero-order valence-electron chi connectivity index (χ0n) is 22.4. The summed E-state index contributed by atoms with van der Waals surface area (Å²) in [5.41, 5.74) is 6.70. The minimum atomic E-state index is 0.353. The number of imidazole rings is 1. The van der Waals surface area contributed by atoms with E-state index in [0.717, 1.165) is 66.5 Å². The van der Waals surface area contributed by atoms with Crippen LogP contribution in [0.25, 0.3) is 39.8 Å². The molecule has 5 heterocycles. The van der Waals surface area contributed by atoms with Crippen LogP contribution >= 0.6 is 0 Å². The van der Waals surface area contributed by atoms with Gasteiger partial charge in [-0.15, -0.1) is 5.10 Å². The molecule has 0 atom stereocenters. The Labute approximate surface area is 237 Å². The lowest BCUT2D eigenvalue weighted by atomic mass is 9.95. The topological polar surface area (TPSA) is 112 Å². The normalized spacial score (nSPS) is 14.3. The first-order valence-electron chi connectivity index (χ1n) is 13.7. The molecule has 1 saturated heterocycles. The number of pyridine rings is 1. The summed E-state index contributed by atoms with van der Waals surface area (Å²) in [7, 11) is 0. The maximum atomic E-state index is 9.39. The fourth-order valence-electron chi connectivity index (χ4n) is 5.55. The molecule has 41 heavy (non-hydrogen) atoms. The van der Waals surface area contributed by atoms with Crippen LogP contribution in [0, 0.1) is 11.3 Å². The summed E-state index contributed by atoms with van der Waals surface area (Å²) in [5, 5.41) is 16.8. The van der Waals surface area contributed by atoms with E-state index in [2.05, 4.69) is 76.9 Å². The summed E-state index contributed by atoms with van der Waals surface area (Å²) in [4.78, 5) is 20.6. The first-order valence-corrected chi connectivity index (χ1v) is 13.7. The third-order valence-corrected chi connectivity index (χ3v) is 7.68. The number of nitriles is 1. The number of aromatic nitrogens is 7. The van der Waals surface area contributed by atoms with E-state index in [9.17, 15) is 5.26 Å². The highest BCUT2D eigenvalue weighted by molar-refractivity contribution is 5.82. The van der Waals surface area contributed by atoms with Crippen molar-refractivity contribution in [3.05, 3.63) is 108 Å². The minimum Gasteiger partial charge on any atom is -0.299 e. The minimum absolute atomic E-state index is 0.353. The van der Waals surface area contributed by atoms with E-state index in [1.54, 1.807) is 18.5 Å². The van der Waals surface area contributed by atoms with Crippen LogP contribution in [-0.4, -0.2) is 52.5 Å². The van der Waals surface area contributed by atoms with Crippen molar-refractivity contribution in [1.29, 1.82) is 5.26 Å². The Morgan fingerprint density at radius 3 is 2.39 bits per heavy atom. The van der Waals surface area contributed by atoms with Gasteiger partial charge in [-0.25, -0.2) is 19.9 Å². The summed E-state index contributed by atoms with van der Waals surface area (Å²) < 4.78 is 2.06. The predicted molar refractivity (Wildman–Crippen MR) is 155 cm³/mol. The zero-order chi connectivity index (χ0) is 27.6. The maximum Gasteiger partial charge on any atom is 0.218 e. The number of rotatable bonds is 6. The van der Waals surface area contributed by atoms with Crippen molar-refractivity contribution in [2.24, 2.45) is 0 Å². The molecule has 6 aromatic rings. The van der Waals surface area contributed by atoms with E-state index in [1.165, 1.54) is 5.56 Å². The fourth-order valence-corrected chi connectivity index (χ4v) is 5.55. The van der Waals surface area contributed by atoms with Crippen LogP contribution < -0.4 is 0 Å². The van der Waals surface area contributed by atoms with Crippen molar-refractivity contribution in [2.75, 3.05) is 13.1 Å². The van der Waals surface area contributed by atoms with Crippen molar-refractivity contribution in [3.8, 4) is 40.2 Å². The molecule has 0 aliphatic carbocycles. The number of likely N-dealkylation sites (tertiary alicyclic amines) is 1. The van der Waals surface area contributed by atoms with Gasteiger partial charge in [0, 0.05) is 42.2 Å². The van der Waals surface area contributed by atoms with E-state index < -0.39 is 0 Å². The molecule has 7 rings (SSSR count). The van der Waals surface area contributed by atoms with Gasteiger partial charge in [0.2, 0.25) is 5.82 Å². The van der Waals surface area contributed by atoms with Gasteiger partial charge in [0.15, 0.2) is 5.82 Å². The smallest absolute Gasteiger partial charge is 0.218 e. The highest BCUT2D eigenvalue weighted by Gasteiger charge is 2.24. The molecule has 1 fully saturated rings. The van der Waals surface area contributed by atoms with Gasteiger partial charge in [0.05, 0.1) is 23.0 Å². The van der Waals surface area contributed by atoms with E-state index >= 15 is 0 Å². The van der Waals surface area contributed by atoms with E-state index in [4.69, 9.17) is 4.98 Å². The molecule has 9 heteroatoms. The molecule has 0 saturated carbocycles. The summed E-state index contributed by atoms with van der Waals surface area (Å²) in [6.45, 7) is 2.89. The lowest BCUT2D eigenvalue weighted by molar-refractivity contribution is 0.202. The number of piperidine rings is 1. The molecule has 1 N–H and O–H groups in total. The summed E-state index contributed by atoms with van der Waals surface area (Å²) in [6.07, 6.45) is 7.38. The molecule has 0 amide bonds. The second-order valence-electron chi connectivity index (χ2n) is 10.3. The Bertz CT molecular complexity index is 1830. The summed E-state index contributed by atoms with van der Waals surface area (Å²) >= 11 is 0. The molecule has 0 bridgehead atoms. The monoisotopic (exact) mass is 537 g/mol. The van der Waals surface area contributed by atoms with Gasteiger partial charge in [0.25, 0.3) is 0 Å². The van der Waals surface area contributed by atoms with Crippen LogP contribution in [0.2, 0.25) is 0 Å². The van der Waals surface area contributed by atoms with Crippen LogP contribution in [0.15, 0.2) is 91.4 Å². The van der Waals surface area contributed by atoms with Gasteiger partial charge >= 0.3 is 0 Å². The molecular weight excluding hydrogens is 510 g/mol. The molecule has 9 nitrogen and oxygen atoms in total. The Kier molecular flexibility index (Phi) is 6.51. The highest BCUT2D eigenvalue weighted by atomic mass is 15.2. The van der Waals surface area contributed by atoms with E-state index in [-0.39, 0.29) is 0 Å². The van der Waals surface area contributed by atoms with Gasteiger partial charge in [-0.2, -0.15) is 5.26 Å². The largest absolute Gasteiger partial charge is 0.299 e.